The van der Waals surface area contributed by atoms with Crippen molar-refractivity contribution in [1.82, 2.24) is 0 Å². The fourth-order valence-electron chi connectivity index (χ4n) is 2.55. The molecule has 0 aromatic carbocycles. The summed E-state index contributed by atoms with van der Waals surface area (Å²) in [5, 5.41) is 76.7. The smallest absolute Gasteiger partial charge is 0.320 e. The molecule has 25 heteroatoms. The number of nitrogens with two attached hydrogens (primary N) is 8. The number of carbonyl (C=O) groups is 4. The maximum atomic E-state index is 10.2. The highest BCUT2D eigenvalue weighted by Gasteiger charge is 2.10. The second-order valence-electron chi connectivity index (χ2n) is 14.4. The van der Waals surface area contributed by atoms with Gasteiger partial charge >= 0.3 is 11.9 Å². The van der Waals surface area contributed by atoms with E-state index in [9.17, 15) is 19.5 Å². The highest BCUT2D eigenvalue weighted by Crippen LogP contribution is 2.01. The van der Waals surface area contributed by atoms with Gasteiger partial charge in [0.05, 0.1) is 80.7 Å². The lowest BCUT2D eigenvalue weighted by molar-refractivity contribution is -0.870. The zero-order chi connectivity index (χ0) is 47.7. The van der Waals surface area contributed by atoms with E-state index in [1.165, 1.54) is 0 Å². The molecule has 0 aliphatic rings. The Morgan fingerprint density at radius 1 is 0.638 bits per heavy atom. The largest absolute Gasteiger partial charge is 0.549 e. The summed E-state index contributed by atoms with van der Waals surface area (Å²) in [5.74, 6) is -4.04. The Bertz CT molecular complexity index is 992. The zero-order valence-corrected chi connectivity index (χ0v) is 35.8. The van der Waals surface area contributed by atoms with Gasteiger partial charge in [0.1, 0.15) is 31.3 Å². The predicted octanol–water partition coefficient (Wildman–Crippen LogP) is -8.59. The third kappa shape index (κ3) is 84.5. The minimum absolute atomic E-state index is 0.0129. The van der Waals surface area contributed by atoms with Crippen LogP contribution in [0.25, 0.3) is 0 Å². The van der Waals surface area contributed by atoms with Crippen LogP contribution in [0.1, 0.15) is 46.0 Å². The van der Waals surface area contributed by atoms with Crippen LogP contribution < -0.4 is 56.1 Å². The molecule has 0 aromatic heterocycles. The van der Waals surface area contributed by atoms with Crippen molar-refractivity contribution in [3.63, 3.8) is 0 Å². The van der Waals surface area contributed by atoms with E-state index in [1.54, 1.807) is 0 Å². The summed E-state index contributed by atoms with van der Waals surface area (Å²) in [4.78, 5) is 46.9. The number of likely N-dealkylation sites (N-methyl/N-ethyl adjacent to an activating group) is 2. The van der Waals surface area contributed by atoms with Gasteiger partial charge in [-0.2, -0.15) is 0 Å². The monoisotopic (exact) mass is 853 g/mol. The first-order chi connectivity index (χ1) is 26.3. The van der Waals surface area contributed by atoms with Crippen LogP contribution in [0.2, 0.25) is 0 Å². The Morgan fingerprint density at radius 3 is 1.03 bits per heavy atom. The average Bonchev–Trinajstić information content (AvgIpc) is 3.08. The van der Waals surface area contributed by atoms with Gasteiger partial charge in [-0.25, -0.2) is 0 Å². The van der Waals surface area contributed by atoms with E-state index in [0.717, 1.165) is 22.1 Å². The normalized spacial score (nSPS) is 11.7. The van der Waals surface area contributed by atoms with Crippen LogP contribution in [0.15, 0.2) is 9.98 Å². The van der Waals surface area contributed by atoms with Crippen LogP contribution in [0.5, 0.6) is 0 Å². The van der Waals surface area contributed by atoms with Gasteiger partial charge in [0.15, 0.2) is 11.9 Å². The molecule has 0 aromatic rings. The predicted molar refractivity (Wildman–Crippen MR) is 218 cm³/mol. The maximum Gasteiger partial charge on any atom is 0.320 e. The van der Waals surface area contributed by atoms with E-state index in [4.69, 9.17) is 85.8 Å². The second-order valence-corrected chi connectivity index (χ2v) is 14.4. The average molecular weight is 853 g/mol. The molecule has 0 aliphatic carbocycles. The molecule has 0 bridgehead atoms. The van der Waals surface area contributed by atoms with Gasteiger partial charge < -0.3 is 110 Å². The third-order valence-corrected chi connectivity index (χ3v) is 5.73. The van der Waals surface area contributed by atoms with Gasteiger partial charge in [0.25, 0.3) is 0 Å². The Morgan fingerprint density at radius 2 is 0.931 bits per heavy atom. The van der Waals surface area contributed by atoms with Crippen LogP contribution >= 0.6 is 0 Å². The molecular formula is C33H80N12O13. The number of carboxylic acid groups (broad SMARTS) is 4. The van der Waals surface area contributed by atoms with Crippen LogP contribution in [0.4, 0.5) is 0 Å². The van der Waals surface area contributed by atoms with E-state index >= 15 is 0 Å². The summed E-state index contributed by atoms with van der Waals surface area (Å²) >= 11 is 0. The van der Waals surface area contributed by atoms with Gasteiger partial charge in [-0.1, -0.05) is 13.8 Å². The summed E-state index contributed by atoms with van der Waals surface area (Å²) in [6.45, 7) is 5.79. The first kappa shape index (κ1) is 68.6. The second kappa shape index (κ2) is 44.1. The van der Waals surface area contributed by atoms with Crippen LogP contribution in [0, 0.1) is 5.92 Å². The van der Waals surface area contributed by atoms with E-state index in [0.29, 0.717) is 51.1 Å². The summed E-state index contributed by atoms with van der Waals surface area (Å²) in [7, 11) is 12.3. The molecule has 0 rings (SSSR count). The summed E-state index contributed by atoms with van der Waals surface area (Å²) in [5.41, 5.74) is 40.3. The molecule has 0 radical (unpaired) electrons. The summed E-state index contributed by atoms with van der Waals surface area (Å²) < 4.78 is 1.69. The van der Waals surface area contributed by atoms with E-state index in [1.807, 2.05) is 13.8 Å². The number of hydrogen-bond donors (Lipinski definition) is 15. The molecule has 0 aliphatic heterocycles. The molecule has 23 N–H and O–H groups in total. The van der Waals surface area contributed by atoms with Crippen LogP contribution in [-0.4, -0.2) is 206 Å². The van der Waals surface area contributed by atoms with Crippen molar-refractivity contribution in [3.05, 3.63) is 0 Å². The van der Waals surface area contributed by atoms with Crippen molar-refractivity contribution >= 4 is 35.8 Å². The molecule has 0 spiro atoms. The van der Waals surface area contributed by atoms with Crippen molar-refractivity contribution < 1.29 is 74.1 Å². The Kier molecular flexibility index (Phi) is 52.2. The van der Waals surface area contributed by atoms with Crippen molar-refractivity contribution in [2.45, 2.75) is 70.2 Å². The van der Waals surface area contributed by atoms with Crippen LogP contribution in [0.3, 0.4) is 0 Å². The zero-order valence-electron chi connectivity index (χ0n) is 35.8. The number of carboxylic acids is 4. The fraction of sp³-hybridized carbons (Fsp3) is 0.818. The van der Waals surface area contributed by atoms with Crippen molar-refractivity contribution in [2.24, 2.45) is 61.8 Å². The number of rotatable bonds is 20. The number of carbonyl (C=O) groups excluding carboxylic acids is 2. The van der Waals surface area contributed by atoms with Crippen molar-refractivity contribution in [2.75, 3.05) is 101 Å². The molecule has 58 heavy (non-hydrogen) atoms. The molecule has 0 amide bonds. The summed E-state index contributed by atoms with van der Waals surface area (Å²) in [6.07, 6.45) is 1.45. The van der Waals surface area contributed by atoms with Crippen molar-refractivity contribution in [3.8, 4) is 0 Å². The standard InChI is InChI=1S/2C6H14N4O2.C6H13NO2.2C5H14NO.C3H8O3.C2H5NO2/c2*7-4(5(11)12)2-1-3-10-6(8)9;1-4(2)3-5(7)6(8)9;2*1-6(2,3)4-5-7;4-1-3(6)2-5;3-1-2(4)5/h2*4H,1-3,7H2,(H,11,12)(H4,8,9,10);4-5H,3,7H2,1-2H3,(H,8,9);2*7H,4-5H2,1-3H3;3-6H,1-2H2;1,3H2,(H,4,5)/q;;;2*+1;;/p-2/t2*4-;5-;;;;/m000..../s1. The quantitative estimate of drug-likeness (QED) is 0.0234. The number of aliphatic imine (C=N–C) groups is 2. The SMILES string of the molecule is CC(C)C[C@H](N)C(=O)[O-].C[N+](C)(C)CCO.C[N+](C)(C)CCO.NC(N)=NCCC[C@H](N)C(=O)O.NC(N)=NCCC[C@H](N)C(=O)O.NCC(=O)[O-].OCC(O)CO. The first-order valence-corrected chi connectivity index (χ1v) is 18.0. The molecule has 0 fully saturated rings. The van der Waals surface area contributed by atoms with Gasteiger partial charge in [0.2, 0.25) is 0 Å². The third-order valence-electron chi connectivity index (χ3n) is 5.73. The lowest BCUT2D eigenvalue weighted by Gasteiger charge is -2.21. The Hall–Kier alpha value is -4.02. The topological polar surface area (TPSA) is 489 Å². The highest BCUT2D eigenvalue weighted by atomic mass is 16.4. The van der Waals surface area contributed by atoms with Gasteiger partial charge in [0, 0.05) is 25.7 Å². The molecule has 350 valence electrons. The maximum absolute atomic E-state index is 10.2. The van der Waals surface area contributed by atoms with E-state index in [2.05, 4.69) is 58.0 Å². The minimum atomic E-state index is -1.22. The number of aliphatic hydroxyl groups excluding tert-OH is 5. The van der Waals surface area contributed by atoms with Gasteiger partial charge in [-0.05, 0) is 38.0 Å². The minimum Gasteiger partial charge on any atom is -0.549 e. The number of quaternary nitrogens is 2. The fourth-order valence-corrected chi connectivity index (χ4v) is 2.55. The van der Waals surface area contributed by atoms with Crippen molar-refractivity contribution in [1.29, 1.82) is 0 Å². The lowest BCUT2D eigenvalue weighted by Crippen LogP contribution is -2.42. The van der Waals surface area contributed by atoms with E-state index in [-0.39, 0.29) is 44.9 Å². The molecule has 0 unspecified atom stereocenters. The highest BCUT2D eigenvalue weighted by molar-refractivity contribution is 5.76. The molecule has 0 saturated carbocycles. The first-order valence-electron chi connectivity index (χ1n) is 18.0. The molecule has 25 nitrogen and oxygen atoms in total. The number of nitrogens with zero attached hydrogens (tertiary/aromatic N) is 4. The number of aliphatic hydroxyl groups is 5. The lowest BCUT2D eigenvalue weighted by atomic mass is 10.1. The molecule has 0 heterocycles. The number of guanidine groups is 2. The van der Waals surface area contributed by atoms with Gasteiger partial charge in [-0.3, -0.25) is 19.6 Å². The van der Waals surface area contributed by atoms with E-state index < -0.39 is 48.1 Å². The van der Waals surface area contributed by atoms with Crippen LogP contribution in [-0.2, 0) is 19.2 Å². The number of hydrogen-bond acceptors (Lipinski definition) is 17. The Labute approximate surface area is 343 Å². The molecular weight excluding hydrogens is 772 g/mol. The molecule has 3 atom stereocenters. The summed E-state index contributed by atoms with van der Waals surface area (Å²) in [6, 6.07) is -2.44. The molecule has 0 saturated heterocycles. The van der Waals surface area contributed by atoms with Gasteiger partial charge in [-0.15, -0.1) is 0 Å². The Balaban J connectivity index is -0.000000107. The number of aliphatic carboxylic acids is 4.